The lowest BCUT2D eigenvalue weighted by molar-refractivity contribution is 0.415. The average molecular weight is 681 g/mol. The minimum atomic E-state index is 0.0109. The normalized spacial score (nSPS) is 13.1. The number of hydrogen-bond donors (Lipinski definition) is 0. The zero-order chi connectivity index (χ0) is 35.7. The van der Waals surface area contributed by atoms with E-state index in [-0.39, 0.29) is 5.41 Å². The van der Waals surface area contributed by atoms with E-state index in [4.69, 9.17) is 4.74 Å². The van der Waals surface area contributed by atoms with Gasteiger partial charge in [0.1, 0.15) is 5.75 Å². The molecule has 0 saturated heterocycles. The van der Waals surface area contributed by atoms with Crippen molar-refractivity contribution in [3.8, 4) is 50.3 Å². The van der Waals surface area contributed by atoms with Crippen molar-refractivity contribution in [2.75, 3.05) is 7.11 Å². The molecule has 0 N–H and O–H groups in total. The maximum absolute atomic E-state index is 5.54. The van der Waals surface area contributed by atoms with E-state index in [0.29, 0.717) is 0 Å². The van der Waals surface area contributed by atoms with Crippen LogP contribution in [-0.4, -0.2) is 7.11 Å². The van der Waals surface area contributed by atoms with Crippen LogP contribution in [0.4, 0.5) is 0 Å². The van der Waals surface area contributed by atoms with Crippen LogP contribution in [0.15, 0.2) is 164 Å². The van der Waals surface area contributed by atoms with Crippen LogP contribution in [-0.2, 0) is 5.41 Å². The van der Waals surface area contributed by atoms with Crippen molar-refractivity contribution in [1.29, 1.82) is 0 Å². The standard InChI is InChI=1S/C52H40O/c1-4-52(5-2)46-25-15-14-16-36(46)37-31-28-34(32-47(37)52)49-40-19-8-12-23-44(40)51(45-24-13-9-20-41(45)49)50-42-21-10-6-17-38(42)48(39-18-7-11-22-43(39)50)33-26-29-35(53-3)30-27-33/h6-32H,4-5H2,1-3H3. The van der Waals surface area contributed by atoms with Crippen LogP contribution in [0, 0.1) is 0 Å². The first-order valence-corrected chi connectivity index (χ1v) is 18.9. The molecule has 9 aromatic rings. The van der Waals surface area contributed by atoms with Crippen molar-refractivity contribution < 1.29 is 4.74 Å². The van der Waals surface area contributed by atoms with E-state index in [1.807, 2.05) is 0 Å². The molecule has 0 aromatic heterocycles. The minimum Gasteiger partial charge on any atom is -0.497 e. The van der Waals surface area contributed by atoms with Crippen molar-refractivity contribution in [3.63, 3.8) is 0 Å². The summed E-state index contributed by atoms with van der Waals surface area (Å²) in [5, 5.41) is 10.1. The molecule has 10 rings (SSSR count). The van der Waals surface area contributed by atoms with Gasteiger partial charge in [-0.05, 0) is 130 Å². The molecule has 0 spiro atoms. The Bertz CT molecular complexity index is 2780. The van der Waals surface area contributed by atoms with E-state index in [1.54, 1.807) is 7.11 Å². The van der Waals surface area contributed by atoms with Crippen molar-refractivity contribution in [2.45, 2.75) is 32.1 Å². The molecule has 0 heterocycles. The minimum absolute atomic E-state index is 0.0109. The second-order valence-corrected chi connectivity index (χ2v) is 14.5. The summed E-state index contributed by atoms with van der Waals surface area (Å²) in [5.41, 5.74) is 13.3. The molecule has 1 aliphatic rings. The van der Waals surface area contributed by atoms with E-state index in [0.717, 1.165) is 18.6 Å². The van der Waals surface area contributed by atoms with Crippen molar-refractivity contribution in [1.82, 2.24) is 0 Å². The van der Waals surface area contributed by atoms with Gasteiger partial charge in [-0.25, -0.2) is 0 Å². The van der Waals surface area contributed by atoms with Gasteiger partial charge in [0.25, 0.3) is 0 Å². The quantitative estimate of drug-likeness (QED) is 0.159. The lowest BCUT2D eigenvalue weighted by Gasteiger charge is -2.30. The van der Waals surface area contributed by atoms with E-state index >= 15 is 0 Å². The maximum atomic E-state index is 5.54. The van der Waals surface area contributed by atoms with Crippen molar-refractivity contribution in [2.24, 2.45) is 0 Å². The first-order chi connectivity index (χ1) is 26.2. The number of fused-ring (bicyclic) bond motifs is 7. The molecule has 1 aliphatic carbocycles. The summed E-state index contributed by atoms with van der Waals surface area (Å²) in [7, 11) is 1.72. The molecule has 53 heavy (non-hydrogen) atoms. The average Bonchev–Trinajstić information content (AvgIpc) is 3.51. The first kappa shape index (κ1) is 31.5. The summed E-state index contributed by atoms with van der Waals surface area (Å²) < 4.78 is 5.54. The summed E-state index contributed by atoms with van der Waals surface area (Å²) in [4.78, 5) is 0. The molecule has 0 bridgehead atoms. The van der Waals surface area contributed by atoms with Gasteiger partial charge < -0.3 is 4.74 Å². The van der Waals surface area contributed by atoms with Gasteiger partial charge in [-0.15, -0.1) is 0 Å². The van der Waals surface area contributed by atoms with Gasteiger partial charge in [-0.1, -0.05) is 159 Å². The predicted octanol–water partition coefficient (Wildman–Crippen LogP) is 14.4. The Morgan fingerprint density at radius 1 is 0.377 bits per heavy atom. The number of benzene rings is 9. The Morgan fingerprint density at radius 3 is 1.21 bits per heavy atom. The van der Waals surface area contributed by atoms with Gasteiger partial charge in [-0.2, -0.15) is 0 Å². The Morgan fingerprint density at radius 2 is 0.755 bits per heavy atom. The molecule has 1 heteroatoms. The first-order valence-electron chi connectivity index (χ1n) is 18.9. The third-order valence-electron chi connectivity index (χ3n) is 12.3. The second-order valence-electron chi connectivity index (χ2n) is 14.5. The van der Waals surface area contributed by atoms with Crippen LogP contribution in [0.5, 0.6) is 5.75 Å². The van der Waals surface area contributed by atoms with Gasteiger partial charge in [0.05, 0.1) is 7.11 Å². The third-order valence-corrected chi connectivity index (χ3v) is 12.3. The highest BCUT2D eigenvalue weighted by Gasteiger charge is 2.40. The van der Waals surface area contributed by atoms with Gasteiger partial charge in [0.15, 0.2) is 0 Å². The highest BCUT2D eigenvalue weighted by Crippen LogP contribution is 2.55. The van der Waals surface area contributed by atoms with Gasteiger partial charge in [0.2, 0.25) is 0 Å². The Kier molecular flexibility index (Phi) is 7.27. The molecule has 0 radical (unpaired) electrons. The largest absolute Gasteiger partial charge is 0.497 e. The molecule has 1 nitrogen and oxygen atoms in total. The highest BCUT2D eigenvalue weighted by atomic mass is 16.5. The summed E-state index contributed by atoms with van der Waals surface area (Å²) in [5.74, 6) is 0.861. The molecule has 254 valence electrons. The summed E-state index contributed by atoms with van der Waals surface area (Å²) in [6, 6.07) is 61.0. The number of hydrogen-bond acceptors (Lipinski definition) is 1. The van der Waals surface area contributed by atoms with Crippen LogP contribution >= 0.6 is 0 Å². The van der Waals surface area contributed by atoms with Crippen LogP contribution in [0.1, 0.15) is 37.8 Å². The summed E-state index contributed by atoms with van der Waals surface area (Å²) >= 11 is 0. The van der Waals surface area contributed by atoms with Crippen LogP contribution in [0.25, 0.3) is 87.6 Å². The zero-order valence-electron chi connectivity index (χ0n) is 30.4. The van der Waals surface area contributed by atoms with E-state index in [1.165, 1.54) is 98.7 Å². The Balaban J connectivity index is 1.30. The fraction of sp³-hybridized carbons (Fsp3) is 0.115. The number of ether oxygens (including phenoxy) is 1. The smallest absolute Gasteiger partial charge is 0.118 e. The molecule has 9 aromatic carbocycles. The molecule has 0 saturated carbocycles. The van der Waals surface area contributed by atoms with Gasteiger partial charge >= 0.3 is 0 Å². The monoisotopic (exact) mass is 680 g/mol. The fourth-order valence-electron chi connectivity index (χ4n) is 9.80. The number of methoxy groups -OCH3 is 1. The molecular formula is C52H40O. The summed E-state index contributed by atoms with van der Waals surface area (Å²) in [6.45, 7) is 4.71. The fourth-order valence-corrected chi connectivity index (χ4v) is 9.80. The van der Waals surface area contributed by atoms with Crippen LogP contribution in [0.2, 0.25) is 0 Å². The van der Waals surface area contributed by atoms with Crippen LogP contribution in [0.3, 0.4) is 0 Å². The number of rotatable bonds is 6. The highest BCUT2D eigenvalue weighted by molar-refractivity contribution is 6.30. The summed E-state index contributed by atoms with van der Waals surface area (Å²) in [6.07, 6.45) is 2.15. The van der Waals surface area contributed by atoms with E-state index in [2.05, 4.69) is 178 Å². The maximum Gasteiger partial charge on any atom is 0.118 e. The van der Waals surface area contributed by atoms with E-state index < -0.39 is 0 Å². The van der Waals surface area contributed by atoms with Crippen LogP contribution < -0.4 is 4.74 Å². The lowest BCUT2D eigenvalue weighted by Crippen LogP contribution is -2.23. The predicted molar refractivity (Wildman–Crippen MR) is 226 cm³/mol. The second kappa shape index (κ2) is 12.2. The lowest BCUT2D eigenvalue weighted by atomic mass is 9.73. The van der Waals surface area contributed by atoms with Crippen molar-refractivity contribution in [3.05, 3.63) is 175 Å². The molecule has 0 amide bonds. The van der Waals surface area contributed by atoms with Gasteiger partial charge in [-0.3, -0.25) is 0 Å². The van der Waals surface area contributed by atoms with Crippen molar-refractivity contribution >= 4 is 43.1 Å². The van der Waals surface area contributed by atoms with E-state index in [9.17, 15) is 0 Å². The molecule has 0 unspecified atom stereocenters. The Hall–Kier alpha value is -6.18. The SMILES string of the molecule is CCC1(CC)c2ccccc2-c2ccc(-c3c4ccccc4c(-c4c5ccccc5c(-c5ccc(OC)cc5)c5ccccc45)c4ccccc34)cc21. The molecule has 0 fully saturated rings. The Labute approximate surface area is 311 Å². The molecular weight excluding hydrogens is 641 g/mol. The third kappa shape index (κ3) is 4.50. The topological polar surface area (TPSA) is 9.23 Å². The molecule has 0 atom stereocenters. The zero-order valence-corrected chi connectivity index (χ0v) is 30.4. The molecule has 0 aliphatic heterocycles. The van der Waals surface area contributed by atoms with Gasteiger partial charge in [0, 0.05) is 5.41 Å².